The summed E-state index contributed by atoms with van der Waals surface area (Å²) in [6, 6.07) is 8.95. The fourth-order valence-corrected chi connectivity index (χ4v) is 1.71. The molecular weight excluding hydrogens is 328 g/mol. The van der Waals surface area contributed by atoms with Crippen LogP contribution in [0.4, 0.5) is 0 Å². The monoisotopic (exact) mass is 344 g/mol. The minimum Gasteiger partial charge on any atom is -0.0622 e. The van der Waals surface area contributed by atoms with Crippen LogP contribution < -0.4 is 0 Å². The summed E-state index contributed by atoms with van der Waals surface area (Å²) in [5.74, 6) is 1.96. The van der Waals surface area contributed by atoms with Crippen molar-refractivity contribution in [2.45, 2.75) is 26.7 Å². The number of rotatable bonds is 2. The van der Waals surface area contributed by atoms with Crippen molar-refractivity contribution in [1.82, 2.24) is 0 Å². The number of hydrogen-bond acceptors (Lipinski definition) is 0. The van der Waals surface area contributed by atoms with E-state index in [0.29, 0.717) is 0 Å². The molecule has 0 aliphatic heterocycles. The van der Waals surface area contributed by atoms with Gasteiger partial charge in [0.1, 0.15) is 0 Å². The summed E-state index contributed by atoms with van der Waals surface area (Å²) < 4.78 is 0. The van der Waals surface area contributed by atoms with Gasteiger partial charge in [0.2, 0.25) is 0 Å². The Hall–Kier alpha value is -0.0917. The second-order valence-electron chi connectivity index (χ2n) is 4.16. The minimum atomic E-state index is 0. The van der Waals surface area contributed by atoms with Crippen molar-refractivity contribution in [2.24, 2.45) is 11.8 Å². The van der Waals surface area contributed by atoms with Crippen LogP contribution in [0.3, 0.4) is 0 Å². The Balaban J connectivity index is 0.000000845. The van der Waals surface area contributed by atoms with E-state index in [4.69, 9.17) is 0 Å². The molecule has 0 saturated heterocycles. The summed E-state index contributed by atoms with van der Waals surface area (Å²) in [5, 5.41) is 0. The Morgan fingerprint density at radius 2 is 1.77 bits per heavy atom. The molecule has 1 aliphatic carbocycles. The third-order valence-corrected chi connectivity index (χ3v) is 2.89. The van der Waals surface area contributed by atoms with Crippen molar-refractivity contribution >= 4 is 0 Å². The maximum atomic E-state index is 2.35. The van der Waals surface area contributed by atoms with Crippen molar-refractivity contribution in [3.05, 3.63) is 35.4 Å². The SMILES string of the molecule is Cc1ccc(CC2CC2C)cc1.[W]. The van der Waals surface area contributed by atoms with Crippen molar-refractivity contribution in [3.63, 3.8) is 0 Å². The van der Waals surface area contributed by atoms with Gasteiger partial charge in [0.25, 0.3) is 0 Å². The number of hydrogen-bond donors (Lipinski definition) is 0. The summed E-state index contributed by atoms with van der Waals surface area (Å²) >= 11 is 0. The third-order valence-electron chi connectivity index (χ3n) is 2.89. The third kappa shape index (κ3) is 2.95. The molecule has 1 heteroatoms. The molecule has 13 heavy (non-hydrogen) atoms. The van der Waals surface area contributed by atoms with E-state index in [0.717, 1.165) is 11.8 Å². The van der Waals surface area contributed by atoms with Crippen LogP contribution in [0, 0.1) is 18.8 Å². The van der Waals surface area contributed by atoms with Crippen molar-refractivity contribution < 1.29 is 21.1 Å². The molecule has 2 unspecified atom stereocenters. The standard InChI is InChI=1S/C12H16.W/c1-9-3-5-11(6-4-9)8-12-7-10(12)2;/h3-6,10,12H,7-8H2,1-2H3;. The maximum absolute atomic E-state index is 2.35. The Kier molecular flexibility index (Phi) is 3.73. The van der Waals surface area contributed by atoms with Crippen LogP contribution in [-0.4, -0.2) is 0 Å². The first-order chi connectivity index (χ1) is 5.75. The Morgan fingerprint density at radius 1 is 1.23 bits per heavy atom. The fraction of sp³-hybridized carbons (Fsp3) is 0.500. The first kappa shape index (κ1) is 11.0. The van der Waals surface area contributed by atoms with Gasteiger partial charge in [-0.05, 0) is 37.2 Å². The quantitative estimate of drug-likeness (QED) is 0.773. The molecule has 1 aromatic carbocycles. The molecule has 0 spiro atoms. The Labute approximate surface area is 95.0 Å². The first-order valence-electron chi connectivity index (χ1n) is 4.81. The fourth-order valence-electron chi connectivity index (χ4n) is 1.71. The van der Waals surface area contributed by atoms with Crippen molar-refractivity contribution in [3.8, 4) is 0 Å². The zero-order valence-electron chi connectivity index (χ0n) is 8.29. The van der Waals surface area contributed by atoms with Gasteiger partial charge >= 0.3 is 0 Å². The summed E-state index contributed by atoms with van der Waals surface area (Å²) in [6.45, 7) is 4.49. The predicted octanol–water partition coefficient (Wildman–Crippen LogP) is 3.19. The molecular formula is C12H16W. The van der Waals surface area contributed by atoms with Gasteiger partial charge in [0, 0.05) is 21.1 Å². The smallest absolute Gasteiger partial charge is 0 e. The topological polar surface area (TPSA) is 0 Å². The van der Waals surface area contributed by atoms with Crippen molar-refractivity contribution in [2.75, 3.05) is 0 Å². The number of benzene rings is 1. The summed E-state index contributed by atoms with van der Waals surface area (Å²) in [6.07, 6.45) is 2.73. The molecule has 0 N–H and O–H groups in total. The van der Waals surface area contributed by atoms with E-state index in [1.165, 1.54) is 24.0 Å². The van der Waals surface area contributed by atoms with Gasteiger partial charge in [-0.15, -0.1) is 0 Å². The summed E-state index contributed by atoms with van der Waals surface area (Å²) in [7, 11) is 0. The molecule has 1 aromatic rings. The van der Waals surface area contributed by atoms with Crippen LogP contribution in [0.15, 0.2) is 24.3 Å². The zero-order valence-corrected chi connectivity index (χ0v) is 11.2. The molecule has 0 aromatic heterocycles. The summed E-state index contributed by atoms with van der Waals surface area (Å²) in [5.41, 5.74) is 2.87. The van der Waals surface area contributed by atoms with E-state index in [1.807, 2.05) is 0 Å². The largest absolute Gasteiger partial charge is 0.0622 e. The average molecular weight is 344 g/mol. The predicted molar refractivity (Wildman–Crippen MR) is 52.2 cm³/mol. The molecule has 2 rings (SSSR count). The number of aryl methyl sites for hydroxylation is 1. The van der Waals surface area contributed by atoms with Crippen LogP contribution in [0.2, 0.25) is 0 Å². The second-order valence-corrected chi connectivity index (χ2v) is 4.16. The molecule has 0 bridgehead atoms. The van der Waals surface area contributed by atoms with Crippen LogP contribution >= 0.6 is 0 Å². The normalized spacial score (nSPS) is 25.1. The van der Waals surface area contributed by atoms with Crippen LogP contribution in [0.5, 0.6) is 0 Å². The molecule has 1 fully saturated rings. The Bertz CT molecular complexity index is 263. The maximum Gasteiger partial charge on any atom is 0 e. The molecule has 0 heterocycles. The van der Waals surface area contributed by atoms with Gasteiger partial charge in [-0.25, -0.2) is 0 Å². The molecule has 1 aliphatic rings. The van der Waals surface area contributed by atoms with E-state index < -0.39 is 0 Å². The molecule has 0 nitrogen and oxygen atoms in total. The minimum absolute atomic E-state index is 0. The van der Waals surface area contributed by atoms with E-state index in [-0.39, 0.29) is 21.1 Å². The van der Waals surface area contributed by atoms with Gasteiger partial charge in [-0.1, -0.05) is 36.8 Å². The van der Waals surface area contributed by atoms with Gasteiger partial charge in [-0.3, -0.25) is 0 Å². The van der Waals surface area contributed by atoms with Crippen LogP contribution in [0.25, 0.3) is 0 Å². The average Bonchev–Trinajstić information content (AvgIpc) is 2.72. The molecule has 70 valence electrons. The van der Waals surface area contributed by atoms with E-state index >= 15 is 0 Å². The molecule has 1 saturated carbocycles. The zero-order chi connectivity index (χ0) is 8.55. The Morgan fingerprint density at radius 3 is 2.23 bits per heavy atom. The molecule has 0 amide bonds. The van der Waals surface area contributed by atoms with Crippen LogP contribution in [-0.2, 0) is 27.5 Å². The summed E-state index contributed by atoms with van der Waals surface area (Å²) in [4.78, 5) is 0. The van der Waals surface area contributed by atoms with Crippen molar-refractivity contribution in [1.29, 1.82) is 0 Å². The van der Waals surface area contributed by atoms with Crippen LogP contribution in [0.1, 0.15) is 24.5 Å². The van der Waals surface area contributed by atoms with Gasteiger partial charge in [0.15, 0.2) is 0 Å². The van der Waals surface area contributed by atoms with E-state index in [2.05, 4.69) is 38.1 Å². The van der Waals surface area contributed by atoms with E-state index in [1.54, 1.807) is 0 Å². The first-order valence-corrected chi connectivity index (χ1v) is 4.81. The van der Waals surface area contributed by atoms with E-state index in [9.17, 15) is 0 Å². The van der Waals surface area contributed by atoms with Gasteiger partial charge in [-0.2, -0.15) is 0 Å². The van der Waals surface area contributed by atoms with Gasteiger partial charge in [0.05, 0.1) is 0 Å². The van der Waals surface area contributed by atoms with Gasteiger partial charge < -0.3 is 0 Å². The molecule has 2 atom stereocenters. The molecule has 0 radical (unpaired) electrons. The second kappa shape index (κ2) is 4.42.